The van der Waals surface area contributed by atoms with Gasteiger partial charge in [0.05, 0.1) is 0 Å². The highest BCUT2D eigenvalue weighted by molar-refractivity contribution is 5.75. The Hall–Kier alpha value is -1.04. The van der Waals surface area contributed by atoms with E-state index in [0.29, 0.717) is 0 Å². The van der Waals surface area contributed by atoms with Gasteiger partial charge in [0.25, 0.3) is 0 Å². The zero-order chi connectivity index (χ0) is 7.44. The van der Waals surface area contributed by atoms with E-state index in [4.69, 9.17) is 11.7 Å². The van der Waals surface area contributed by atoms with Crippen LogP contribution in [0.25, 0.3) is 4.85 Å². The summed E-state index contributed by atoms with van der Waals surface area (Å²) in [5.41, 5.74) is 0. The van der Waals surface area contributed by atoms with Gasteiger partial charge in [0, 0.05) is 5.92 Å². The molecule has 0 aliphatic heterocycles. The third kappa shape index (κ3) is 2.13. The van der Waals surface area contributed by atoms with Crippen molar-refractivity contribution in [2.75, 3.05) is 0 Å². The molecule has 0 aromatic heterocycles. The van der Waals surface area contributed by atoms with Crippen molar-refractivity contribution in [1.29, 1.82) is 0 Å². The topological polar surface area (TPSA) is 41.7 Å². The van der Waals surface area contributed by atoms with Crippen molar-refractivity contribution >= 4 is 5.97 Å². The maximum absolute atomic E-state index is 10.2. The van der Waals surface area contributed by atoms with Crippen molar-refractivity contribution in [3.63, 3.8) is 0 Å². The summed E-state index contributed by atoms with van der Waals surface area (Å²) in [5, 5.41) is 8.33. The molecule has 1 atom stereocenters. The molecule has 0 rings (SSSR count). The number of carbonyl (C=O) groups is 1. The van der Waals surface area contributed by atoms with Crippen LogP contribution in [-0.2, 0) is 4.79 Å². The Balaban J connectivity index is 4.04. The average molecular weight is 127 g/mol. The highest BCUT2D eigenvalue weighted by Gasteiger charge is 2.25. The summed E-state index contributed by atoms with van der Waals surface area (Å²) in [6, 6.07) is -0.870. The number of hydrogen-bond acceptors (Lipinski definition) is 1. The summed E-state index contributed by atoms with van der Waals surface area (Å²) in [7, 11) is 0. The minimum Gasteiger partial charge on any atom is -0.476 e. The lowest BCUT2D eigenvalue weighted by Gasteiger charge is -2.00. The van der Waals surface area contributed by atoms with E-state index >= 15 is 0 Å². The number of carboxylic acids is 1. The third-order valence-corrected chi connectivity index (χ3v) is 1.02. The molecule has 9 heavy (non-hydrogen) atoms. The van der Waals surface area contributed by atoms with Crippen LogP contribution in [0.1, 0.15) is 13.8 Å². The van der Waals surface area contributed by atoms with Gasteiger partial charge in [0.1, 0.15) is 0 Å². The Morgan fingerprint density at radius 1 is 1.67 bits per heavy atom. The molecule has 0 amide bonds. The Morgan fingerprint density at radius 2 is 2.11 bits per heavy atom. The van der Waals surface area contributed by atoms with Gasteiger partial charge in [0.2, 0.25) is 0 Å². The maximum atomic E-state index is 10.2. The molecule has 3 heteroatoms. The molecular weight excluding hydrogens is 118 g/mol. The van der Waals surface area contributed by atoms with Crippen LogP contribution >= 0.6 is 0 Å². The Labute approximate surface area is 54.1 Å². The molecule has 1 N–H and O–H groups in total. The minimum atomic E-state index is -1.03. The first-order valence-electron chi connectivity index (χ1n) is 2.69. The van der Waals surface area contributed by atoms with Crippen LogP contribution in [-0.4, -0.2) is 17.1 Å². The molecular formula is C6H9NO2. The minimum absolute atomic E-state index is 0.0972. The first-order chi connectivity index (χ1) is 4.09. The molecule has 3 nitrogen and oxygen atoms in total. The van der Waals surface area contributed by atoms with Gasteiger partial charge in [-0.2, -0.15) is 0 Å². The Kier molecular flexibility index (Phi) is 2.72. The molecule has 0 bridgehead atoms. The fourth-order valence-electron chi connectivity index (χ4n) is 0.489. The molecule has 0 spiro atoms. The van der Waals surface area contributed by atoms with Gasteiger partial charge in [-0.1, -0.05) is 13.8 Å². The summed E-state index contributed by atoms with van der Waals surface area (Å²) in [4.78, 5) is 13.1. The normalized spacial score (nSPS) is 12.7. The number of nitrogens with zero attached hydrogens (tertiary/aromatic N) is 1. The molecule has 0 heterocycles. The lowest BCUT2D eigenvalue weighted by atomic mass is 10.1. The maximum Gasteiger partial charge on any atom is 0.388 e. The molecule has 0 saturated heterocycles. The molecule has 0 aromatic carbocycles. The Morgan fingerprint density at radius 3 is 2.11 bits per heavy atom. The van der Waals surface area contributed by atoms with E-state index in [1.54, 1.807) is 13.8 Å². The monoisotopic (exact) mass is 127 g/mol. The van der Waals surface area contributed by atoms with Crippen molar-refractivity contribution in [2.45, 2.75) is 19.9 Å². The van der Waals surface area contributed by atoms with Crippen molar-refractivity contribution in [3.05, 3.63) is 11.4 Å². The lowest BCUT2D eigenvalue weighted by molar-refractivity contribution is -0.138. The number of rotatable bonds is 2. The van der Waals surface area contributed by atoms with Crippen molar-refractivity contribution < 1.29 is 9.90 Å². The molecule has 0 aromatic rings. The molecule has 0 fully saturated rings. The van der Waals surface area contributed by atoms with E-state index in [1.165, 1.54) is 0 Å². The summed E-state index contributed by atoms with van der Waals surface area (Å²) < 4.78 is 0. The van der Waals surface area contributed by atoms with Crippen LogP contribution in [0.2, 0.25) is 0 Å². The largest absolute Gasteiger partial charge is 0.476 e. The van der Waals surface area contributed by atoms with Crippen LogP contribution in [0.3, 0.4) is 0 Å². The van der Waals surface area contributed by atoms with Gasteiger partial charge in [0.15, 0.2) is 0 Å². The Bertz CT molecular complexity index is 146. The smallest absolute Gasteiger partial charge is 0.388 e. The predicted molar refractivity (Wildman–Crippen MR) is 32.9 cm³/mol. The first-order valence-corrected chi connectivity index (χ1v) is 2.69. The van der Waals surface area contributed by atoms with Gasteiger partial charge in [-0.15, -0.1) is 0 Å². The van der Waals surface area contributed by atoms with Gasteiger partial charge in [-0.25, -0.2) is 11.4 Å². The van der Waals surface area contributed by atoms with Gasteiger partial charge < -0.3 is 9.95 Å². The van der Waals surface area contributed by atoms with Crippen molar-refractivity contribution in [1.82, 2.24) is 0 Å². The molecule has 0 aliphatic rings. The van der Waals surface area contributed by atoms with Gasteiger partial charge in [-0.3, -0.25) is 0 Å². The summed E-state index contributed by atoms with van der Waals surface area (Å²) in [6.45, 7) is 9.90. The molecule has 0 aliphatic carbocycles. The standard InChI is InChI=1S/C6H9NO2/c1-4(2)5(7-3)6(8)9/h4-5H,1-2H3,(H,8,9)/t5-/m0/s1. The summed E-state index contributed by atoms with van der Waals surface area (Å²) in [6.07, 6.45) is 0. The zero-order valence-electron chi connectivity index (χ0n) is 5.46. The highest BCUT2D eigenvalue weighted by Crippen LogP contribution is 2.05. The predicted octanol–water partition coefficient (Wildman–Crippen LogP) is 1.01. The number of carboxylic acid groups (broad SMARTS) is 1. The van der Waals surface area contributed by atoms with E-state index in [9.17, 15) is 4.79 Å². The fourth-order valence-corrected chi connectivity index (χ4v) is 0.489. The second-order valence-corrected chi connectivity index (χ2v) is 2.16. The average Bonchev–Trinajstić information content (AvgIpc) is 1.64. The SMILES string of the molecule is [C-]#[N+][C@H](C(=O)O)C(C)C. The van der Waals surface area contributed by atoms with Crippen LogP contribution in [0.15, 0.2) is 0 Å². The summed E-state index contributed by atoms with van der Waals surface area (Å²) >= 11 is 0. The zero-order valence-corrected chi connectivity index (χ0v) is 5.46. The number of hydrogen-bond donors (Lipinski definition) is 1. The van der Waals surface area contributed by atoms with Crippen molar-refractivity contribution in [2.24, 2.45) is 5.92 Å². The molecule has 50 valence electrons. The van der Waals surface area contributed by atoms with Crippen LogP contribution in [0.4, 0.5) is 0 Å². The van der Waals surface area contributed by atoms with Crippen LogP contribution < -0.4 is 0 Å². The van der Waals surface area contributed by atoms with Crippen LogP contribution in [0.5, 0.6) is 0 Å². The molecule has 0 saturated carbocycles. The van der Waals surface area contributed by atoms with E-state index < -0.39 is 12.0 Å². The van der Waals surface area contributed by atoms with E-state index in [-0.39, 0.29) is 5.92 Å². The third-order valence-electron chi connectivity index (χ3n) is 1.02. The second-order valence-electron chi connectivity index (χ2n) is 2.16. The highest BCUT2D eigenvalue weighted by atomic mass is 16.4. The quantitative estimate of drug-likeness (QED) is 0.562. The van der Waals surface area contributed by atoms with Crippen molar-refractivity contribution in [3.8, 4) is 0 Å². The summed E-state index contributed by atoms with van der Waals surface area (Å²) in [5.74, 6) is -1.13. The van der Waals surface area contributed by atoms with E-state index in [1.807, 2.05) is 0 Å². The van der Waals surface area contributed by atoms with E-state index in [0.717, 1.165) is 0 Å². The van der Waals surface area contributed by atoms with E-state index in [2.05, 4.69) is 4.85 Å². The molecule has 0 radical (unpaired) electrons. The van der Waals surface area contributed by atoms with Gasteiger partial charge >= 0.3 is 12.0 Å². The lowest BCUT2D eigenvalue weighted by Crippen LogP contribution is -2.21. The second kappa shape index (κ2) is 3.08. The van der Waals surface area contributed by atoms with Crippen LogP contribution in [0, 0.1) is 12.5 Å². The fraction of sp³-hybridized carbons (Fsp3) is 0.667. The number of aliphatic carboxylic acids is 1. The first kappa shape index (κ1) is 7.96. The van der Waals surface area contributed by atoms with Gasteiger partial charge in [-0.05, 0) is 0 Å². The molecule has 0 unspecified atom stereocenters.